The summed E-state index contributed by atoms with van der Waals surface area (Å²) in [6, 6.07) is 6.39. The van der Waals surface area contributed by atoms with E-state index >= 15 is 0 Å². The number of sulfonamides is 1. The molecular weight excluding hydrogens is 240 g/mol. The third-order valence-corrected chi connectivity index (χ3v) is 3.67. The van der Waals surface area contributed by atoms with Gasteiger partial charge in [0, 0.05) is 18.8 Å². The summed E-state index contributed by atoms with van der Waals surface area (Å²) >= 11 is 0. The summed E-state index contributed by atoms with van der Waals surface area (Å²) in [7, 11) is -3.60. The quantitative estimate of drug-likeness (QED) is 0.839. The Morgan fingerprint density at radius 1 is 1.35 bits per heavy atom. The molecule has 1 aromatic rings. The molecule has 1 heterocycles. The zero-order valence-electron chi connectivity index (χ0n) is 9.43. The number of primary sulfonamides is 1. The number of nitrogens with one attached hydrogen (secondary N) is 1. The van der Waals surface area contributed by atoms with E-state index in [0.29, 0.717) is 0 Å². The van der Waals surface area contributed by atoms with Gasteiger partial charge in [0.2, 0.25) is 10.0 Å². The van der Waals surface area contributed by atoms with Gasteiger partial charge in [-0.25, -0.2) is 13.6 Å². The van der Waals surface area contributed by atoms with Crippen molar-refractivity contribution in [3.63, 3.8) is 0 Å². The Bertz CT molecular complexity index is 464. The summed E-state index contributed by atoms with van der Waals surface area (Å²) in [5.74, 6) is 0. The van der Waals surface area contributed by atoms with E-state index in [1.54, 1.807) is 12.1 Å². The molecule has 0 spiro atoms. The molecule has 1 aliphatic rings. The Labute approximate surface area is 101 Å². The second-order valence-corrected chi connectivity index (χ2v) is 5.65. The molecule has 0 aliphatic carbocycles. The van der Waals surface area contributed by atoms with Crippen LogP contribution in [0.25, 0.3) is 0 Å². The van der Waals surface area contributed by atoms with Crippen LogP contribution in [0.2, 0.25) is 0 Å². The van der Waals surface area contributed by atoms with Gasteiger partial charge in [0.15, 0.2) is 0 Å². The van der Waals surface area contributed by atoms with Crippen LogP contribution in [0.15, 0.2) is 29.2 Å². The Hall–Kier alpha value is -1.11. The largest absolute Gasteiger partial charge is 0.382 e. The molecule has 2 rings (SSSR count). The van der Waals surface area contributed by atoms with E-state index in [-0.39, 0.29) is 11.0 Å². The van der Waals surface area contributed by atoms with Crippen LogP contribution in [0, 0.1) is 0 Å². The number of rotatable bonds is 4. The molecule has 17 heavy (non-hydrogen) atoms. The number of ether oxygens (including phenoxy) is 1. The van der Waals surface area contributed by atoms with Crippen LogP contribution in [0.4, 0.5) is 5.69 Å². The second kappa shape index (κ2) is 5.03. The topological polar surface area (TPSA) is 81.4 Å². The van der Waals surface area contributed by atoms with Gasteiger partial charge in [-0.05, 0) is 37.1 Å². The van der Waals surface area contributed by atoms with E-state index in [9.17, 15) is 8.42 Å². The van der Waals surface area contributed by atoms with Gasteiger partial charge in [-0.2, -0.15) is 0 Å². The smallest absolute Gasteiger partial charge is 0.238 e. The van der Waals surface area contributed by atoms with E-state index < -0.39 is 10.0 Å². The molecule has 1 fully saturated rings. The first kappa shape index (κ1) is 12.3. The molecule has 0 saturated carbocycles. The van der Waals surface area contributed by atoms with Gasteiger partial charge in [0.1, 0.15) is 0 Å². The average molecular weight is 256 g/mol. The lowest BCUT2D eigenvalue weighted by atomic mass is 10.2. The number of anilines is 1. The summed E-state index contributed by atoms with van der Waals surface area (Å²) in [6.45, 7) is 1.57. The molecule has 1 unspecified atom stereocenters. The van der Waals surface area contributed by atoms with Gasteiger partial charge in [-0.15, -0.1) is 0 Å². The number of nitrogens with two attached hydrogens (primary N) is 1. The fraction of sp³-hybridized carbons (Fsp3) is 0.455. The highest BCUT2D eigenvalue weighted by Crippen LogP contribution is 2.15. The first-order valence-corrected chi connectivity index (χ1v) is 7.09. The van der Waals surface area contributed by atoms with Crippen molar-refractivity contribution < 1.29 is 13.2 Å². The van der Waals surface area contributed by atoms with Crippen molar-refractivity contribution in [1.82, 2.24) is 0 Å². The Balaban J connectivity index is 1.94. The summed E-state index contributed by atoms with van der Waals surface area (Å²) in [5.41, 5.74) is 0.868. The molecule has 1 atom stereocenters. The third kappa shape index (κ3) is 3.42. The van der Waals surface area contributed by atoms with Gasteiger partial charge in [0.05, 0.1) is 11.0 Å². The zero-order valence-corrected chi connectivity index (χ0v) is 10.2. The molecule has 1 saturated heterocycles. The van der Waals surface area contributed by atoms with Crippen LogP contribution in [-0.2, 0) is 14.8 Å². The molecule has 0 radical (unpaired) electrons. The average Bonchev–Trinajstić information content (AvgIpc) is 2.78. The van der Waals surface area contributed by atoms with E-state index in [0.717, 1.165) is 31.7 Å². The number of hydrogen-bond acceptors (Lipinski definition) is 4. The van der Waals surface area contributed by atoms with Gasteiger partial charge in [-0.3, -0.25) is 0 Å². The summed E-state index contributed by atoms with van der Waals surface area (Å²) in [4.78, 5) is 0.125. The van der Waals surface area contributed by atoms with Crippen molar-refractivity contribution in [2.75, 3.05) is 18.5 Å². The van der Waals surface area contributed by atoms with E-state index in [1.165, 1.54) is 12.1 Å². The molecule has 1 aromatic carbocycles. The normalized spacial score (nSPS) is 20.4. The molecule has 3 N–H and O–H groups in total. The Morgan fingerprint density at radius 3 is 2.59 bits per heavy atom. The minimum atomic E-state index is -3.60. The lowest BCUT2D eigenvalue weighted by Crippen LogP contribution is -2.18. The fourth-order valence-corrected chi connectivity index (χ4v) is 2.31. The maximum atomic E-state index is 11.0. The molecule has 1 aliphatic heterocycles. The SMILES string of the molecule is NS(=O)(=O)c1ccc(NCC2CCCO2)cc1. The van der Waals surface area contributed by atoms with Crippen molar-refractivity contribution in [1.29, 1.82) is 0 Å². The van der Waals surface area contributed by atoms with Crippen LogP contribution in [0.3, 0.4) is 0 Å². The highest BCUT2D eigenvalue weighted by molar-refractivity contribution is 7.89. The van der Waals surface area contributed by atoms with Crippen molar-refractivity contribution in [3.8, 4) is 0 Å². The molecule has 0 bridgehead atoms. The first-order chi connectivity index (χ1) is 8.05. The van der Waals surface area contributed by atoms with Gasteiger partial charge in [-0.1, -0.05) is 0 Å². The second-order valence-electron chi connectivity index (χ2n) is 4.09. The van der Waals surface area contributed by atoms with E-state index in [4.69, 9.17) is 9.88 Å². The lowest BCUT2D eigenvalue weighted by Gasteiger charge is -2.11. The van der Waals surface area contributed by atoms with E-state index in [1.807, 2.05) is 0 Å². The van der Waals surface area contributed by atoms with Crippen LogP contribution in [-0.4, -0.2) is 27.7 Å². The maximum Gasteiger partial charge on any atom is 0.238 e. The van der Waals surface area contributed by atoms with Crippen LogP contribution in [0.1, 0.15) is 12.8 Å². The molecule has 6 heteroatoms. The maximum absolute atomic E-state index is 11.0. The van der Waals surface area contributed by atoms with Crippen LogP contribution in [0.5, 0.6) is 0 Å². The molecule has 0 aromatic heterocycles. The summed E-state index contributed by atoms with van der Waals surface area (Å²) < 4.78 is 27.6. The van der Waals surface area contributed by atoms with Crippen molar-refractivity contribution in [2.45, 2.75) is 23.8 Å². The zero-order chi connectivity index (χ0) is 12.3. The van der Waals surface area contributed by atoms with Gasteiger partial charge >= 0.3 is 0 Å². The first-order valence-electron chi connectivity index (χ1n) is 5.54. The highest BCUT2D eigenvalue weighted by Gasteiger charge is 2.14. The molecule has 0 amide bonds. The summed E-state index contributed by atoms with van der Waals surface area (Å²) in [6.07, 6.45) is 2.44. The predicted molar refractivity (Wildman–Crippen MR) is 65.3 cm³/mol. The van der Waals surface area contributed by atoms with Crippen LogP contribution >= 0.6 is 0 Å². The van der Waals surface area contributed by atoms with Gasteiger partial charge < -0.3 is 10.1 Å². The predicted octanol–water partition coefficient (Wildman–Crippen LogP) is 0.925. The number of hydrogen-bond donors (Lipinski definition) is 2. The molecular formula is C11H16N2O3S. The van der Waals surface area contributed by atoms with Crippen molar-refractivity contribution >= 4 is 15.7 Å². The monoisotopic (exact) mass is 256 g/mol. The standard InChI is InChI=1S/C11H16N2O3S/c12-17(14,15)11-5-3-9(4-6-11)13-8-10-2-1-7-16-10/h3-6,10,13H,1-2,7-8H2,(H2,12,14,15). The minimum absolute atomic E-state index is 0.125. The third-order valence-electron chi connectivity index (χ3n) is 2.74. The van der Waals surface area contributed by atoms with Crippen LogP contribution < -0.4 is 10.5 Å². The van der Waals surface area contributed by atoms with E-state index in [2.05, 4.69) is 5.32 Å². The number of benzene rings is 1. The Kier molecular flexibility index (Phi) is 3.66. The van der Waals surface area contributed by atoms with Gasteiger partial charge in [0.25, 0.3) is 0 Å². The minimum Gasteiger partial charge on any atom is -0.382 e. The molecule has 94 valence electrons. The Morgan fingerprint density at radius 2 is 2.06 bits per heavy atom. The van der Waals surface area contributed by atoms with Crippen molar-refractivity contribution in [3.05, 3.63) is 24.3 Å². The molecule has 5 nitrogen and oxygen atoms in total. The lowest BCUT2D eigenvalue weighted by molar-refractivity contribution is 0.120. The highest BCUT2D eigenvalue weighted by atomic mass is 32.2. The van der Waals surface area contributed by atoms with Crippen molar-refractivity contribution in [2.24, 2.45) is 5.14 Å². The fourth-order valence-electron chi connectivity index (χ4n) is 1.80. The summed E-state index contributed by atoms with van der Waals surface area (Å²) in [5, 5.41) is 8.22.